The number of nitrogens with one attached hydrogen (secondary N) is 2. The molecule has 1 aromatic rings. The summed E-state index contributed by atoms with van der Waals surface area (Å²) in [6.07, 6.45) is 5.31. The summed E-state index contributed by atoms with van der Waals surface area (Å²) in [6, 6.07) is 5.25. The Labute approximate surface area is 138 Å². The van der Waals surface area contributed by atoms with Gasteiger partial charge in [0.25, 0.3) is 0 Å². The summed E-state index contributed by atoms with van der Waals surface area (Å²) in [5.41, 5.74) is 1.75. The summed E-state index contributed by atoms with van der Waals surface area (Å²) >= 11 is 0. The molecule has 23 heavy (non-hydrogen) atoms. The third kappa shape index (κ3) is 5.04. The average Bonchev–Trinajstić information content (AvgIpc) is 2.52. The van der Waals surface area contributed by atoms with Gasteiger partial charge in [0.15, 0.2) is 0 Å². The summed E-state index contributed by atoms with van der Waals surface area (Å²) in [6.45, 7) is 4.23. The van der Waals surface area contributed by atoms with E-state index in [4.69, 9.17) is 0 Å². The van der Waals surface area contributed by atoms with E-state index in [0.717, 1.165) is 36.8 Å². The van der Waals surface area contributed by atoms with Crippen molar-refractivity contribution in [1.29, 1.82) is 0 Å². The molecule has 0 heterocycles. The van der Waals surface area contributed by atoms with E-state index in [2.05, 4.69) is 10.0 Å². The lowest BCUT2D eigenvalue weighted by Gasteiger charge is -2.20. The Balaban J connectivity index is 1.81. The molecular formula is C17H26N2O3S. The third-order valence-electron chi connectivity index (χ3n) is 4.31. The fourth-order valence-corrected chi connectivity index (χ4v) is 4.32. The summed E-state index contributed by atoms with van der Waals surface area (Å²) in [4.78, 5) is 12.3. The SMILES string of the molecule is Cc1ccc(S(=O)(=O)NCCNC(=O)C2CCCCC2)c(C)c1. The molecule has 0 bridgehead atoms. The van der Waals surface area contributed by atoms with Crippen molar-refractivity contribution in [2.75, 3.05) is 13.1 Å². The number of hydrogen-bond acceptors (Lipinski definition) is 3. The van der Waals surface area contributed by atoms with Crippen molar-refractivity contribution >= 4 is 15.9 Å². The molecule has 0 unspecified atom stereocenters. The van der Waals surface area contributed by atoms with Gasteiger partial charge in [0, 0.05) is 19.0 Å². The topological polar surface area (TPSA) is 75.3 Å². The standard InChI is InChI=1S/C17H26N2O3S/c1-13-8-9-16(14(2)12-13)23(21,22)19-11-10-18-17(20)15-6-4-3-5-7-15/h8-9,12,15,19H,3-7,10-11H2,1-2H3,(H,18,20). The Kier molecular flexibility index (Phi) is 6.18. The summed E-state index contributed by atoms with van der Waals surface area (Å²) < 4.78 is 27.1. The van der Waals surface area contributed by atoms with Gasteiger partial charge in [0.05, 0.1) is 4.90 Å². The largest absolute Gasteiger partial charge is 0.355 e. The predicted molar refractivity (Wildman–Crippen MR) is 90.7 cm³/mol. The first-order chi connectivity index (χ1) is 10.9. The number of rotatable bonds is 6. The van der Waals surface area contributed by atoms with Crippen LogP contribution in [0.25, 0.3) is 0 Å². The zero-order valence-corrected chi connectivity index (χ0v) is 14.7. The van der Waals surface area contributed by atoms with Gasteiger partial charge in [-0.25, -0.2) is 13.1 Å². The normalized spacial score (nSPS) is 16.3. The zero-order chi connectivity index (χ0) is 16.9. The van der Waals surface area contributed by atoms with Crippen LogP contribution in [0.1, 0.15) is 43.2 Å². The van der Waals surface area contributed by atoms with Crippen molar-refractivity contribution in [3.63, 3.8) is 0 Å². The van der Waals surface area contributed by atoms with Gasteiger partial charge in [-0.3, -0.25) is 4.79 Å². The van der Waals surface area contributed by atoms with Crippen LogP contribution in [0.3, 0.4) is 0 Å². The van der Waals surface area contributed by atoms with E-state index in [1.165, 1.54) is 6.42 Å². The first kappa shape index (κ1) is 17.9. The molecule has 1 aromatic carbocycles. The molecule has 1 amide bonds. The number of aryl methyl sites for hydroxylation is 2. The van der Waals surface area contributed by atoms with Crippen molar-refractivity contribution in [1.82, 2.24) is 10.0 Å². The van der Waals surface area contributed by atoms with Crippen molar-refractivity contribution in [2.24, 2.45) is 5.92 Å². The van der Waals surface area contributed by atoms with Crippen LogP contribution >= 0.6 is 0 Å². The van der Waals surface area contributed by atoms with Crippen LogP contribution in [0.15, 0.2) is 23.1 Å². The fraction of sp³-hybridized carbons (Fsp3) is 0.588. The fourth-order valence-electron chi connectivity index (χ4n) is 3.06. The van der Waals surface area contributed by atoms with Gasteiger partial charge >= 0.3 is 0 Å². The Morgan fingerprint density at radius 3 is 2.48 bits per heavy atom. The monoisotopic (exact) mass is 338 g/mol. The van der Waals surface area contributed by atoms with Crippen molar-refractivity contribution in [3.8, 4) is 0 Å². The highest BCUT2D eigenvalue weighted by atomic mass is 32.2. The van der Waals surface area contributed by atoms with Crippen molar-refractivity contribution < 1.29 is 13.2 Å². The second-order valence-electron chi connectivity index (χ2n) is 6.29. The smallest absolute Gasteiger partial charge is 0.240 e. The molecule has 0 aliphatic heterocycles. The van der Waals surface area contributed by atoms with Crippen LogP contribution in [-0.4, -0.2) is 27.4 Å². The second kappa shape index (κ2) is 7.93. The summed E-state index contributed by atoms with van der Waals surface area (Å²) in [5, 5.41) is 2.83. The lowest BCUT2D eigenvalue weighted by Crippen LogP contribution is -2.38. The van der Waals surface area contributed by atoms with E-state index in [-0.39, 0.29) is 18.4 Å². The second-order valence-corrected chi connectivity index (χ2v) is 8.03. The molecule has 0 saturated heterocycles. The number of carbonyl (C=O) groups is 1. The maximum absolute atomic E-state index is 12.3. The van der Waals surface area contributed by atoms with E-state index >= 15 is 0 Å². The first-order valence-corrected chi connectivity index (χ1v) is 9.73. The van der Waals surface area contributed by atoms with Crippen molar-refractivity contribution in [3.05, 3.63) is 29.3 Å². The van der Waals surface area contributed by atoms with E-state index in [1.807, 2.05) is 13.0 Å². The Morgan fingerprint density at radius 2 is 1.83 bits per heavy atom. The van der Waals surface area contributed by atoms with Gasteiger partial charge in [-0.2, -0.15) is 0 Å². The quantitative estimate of drug-likeness (QED) is 0.781. The number of amides is 1. The molecule has 1 aliphatic carbocycles. The highest BCUT2D eigenvalue weighted by Gasteiger charge is 2.21. The maximum atomic E-state index is 12.3. The molecule has 6 heteroatoms. The van der Waals surface area contributed by atoms with E-state index < -0.39 is 10.0 Å². The van der Waals surface area contributed by atoms with Crippen LogP contribution < -0.4 is 10.0 Å². The Bertz CT molecular complexity index is 650. The first-order valence-electron chi connectivity index (χ1n) is 8.25. The number of sulfonamides is 1. The van der Waals surface area contributed by atoms with Crippen LogP contribution in [0.5, 0.6) is 0 Å². The minimum absolute atomic E-state index is 0.0513. The van der Waals surface area contributed by atoms with E-state index in [9.17, 15) is 13.2 Å². The van der Waals surface area contributed by atoms with Crippen LogP contribution in [-0.2, 0) is 14.8 Å². The molecular weight excluding hydrogens is 312 g/mol. The minimum Gasteiger partial charge on any atom is -0.355 e. The molecule has 1 aliphatic rings. The highest BCUT2D eigenvalue weighted by molar-refractivity contribution is 7.89. The molecule has 128 valence electrons. The highest BCUT2D eigenvalue weighted by Crippen LogP contribution is 2.23. The van der Waals surface area contributed by atoms with Gasteiger partial charge in [0.2, 0.25) is 15.9 Å². The number of carbonyl (C=O) groups excluding carboxylic acids is 1. The Hall–Kier alpha value is -1.40. The minimum atomic E-state index is -3.53. The zero-order valence-electron chi connectivity index (χ0n) is 13.9. The molecule has 0 aromatic heterocycles. The van der Waals surface area contributed by atoms with Gasteiger partial charge in [0.1, 0.15) is 0 Å². The number of hydrogen-bond donors (Lipinski definition) is 2. The van der Waals surface area contributed by atoms with Gasteiger partial charge in [-0.1, -0.05) is 37.0 Å². The van der Waals surface area contributed by atoms with Gasteiger partial charge < -0.3 is 5.32 Å². The molecule has 5 nitrogen and oxygen atoms in total. The lowest BCUT2D eigenvalue weighted by molar-refractivity contribution is -0.125. The van der Waals surface area contributed by atoms with Crippen LogP contribution in [0.4, 0.5) is 0 Å². The summed E-state index contributed by atoms with van der Waals surface area (Å²) in [7, 11) is -3.53. The average molecular weight is 338 g/mol. The van der Waals surface area contributed by atoms with Crippen LogP contribution in [0, 0.1) is 19.8 Å². The van der Waals surface area contributed by atoms with E-state index in [0.29, 0.717) is 11.4 Å². The third-order valence-corrected chi connectivity index (χ3v) is 5.93. The molecule has 1 saturated carbocycles. The molecule has 2 N–H and O–H groups in total. The lowest BCUT2D eigenvalue weighted by atomic mass is 9.89. The summed E-state index contributed by atoms with van der Waals surface area (Å²) in [5.74, 6) is 0.148. The van der Waals surface area contributed by atoms with Crippen molar-refractivity contribution in [2.45, 2.75) is 50.8 Å². The van der Waals surface area contributed by atoms with Crippen LogP contribution in [0.2, 0.25) is 0 Å². The molecule has 0 radical (unpaired) electrons. The predicted octanol–water partition coefficient (Wildman–Crippen LogP) is 2.28. The maximum Gasteiger partial charge on any atom is 0.240 e. The Morgan fingerprint density at radius 1 is 1.13 bits per heavy atom. The molecule has 0 atom stereocenters. The van der Waals surface area contributed by atoms with Gasteiger partial charge in [-0.15, -0.1) is 0 Å². The number of benzene rings is 1. The van der Waals surface area contributed by atoms with Gasteiger partial charge in [-0.05, 0) is 38.3 Å². The molecule has 0 spiro atoms. The molecule has 2 rings (SSSR count). The van der Waals surface area contributed by atoms with E-state index in [1.54, 1.807) is 19.1 Å². The molecule has 1 fully saturated rings.